The Morgan fingerprint density at radius 1 is 1.21 bits per heavy atom. The van der Waals surface area contributed by atoms with E-state index in [0.717, 1.165) is 37.4 Å². The van der Waals surface area contributed by atoms with Gasteiger partial charge in [-0.05, 0) is 39.7 Å². The van der Waals surface area contributed by atoms with Crippen LogP contribution >= 0.6 is 0 Å². The first-order chi connectivity index (χ1) is 15.3. The number of pyridine rings is 1. The van der Waals surface area contributed by atoms with Crippen molar-refractivity contribution in [2.45, 2.75) is 57.2 Å². The molecular formula is C23H25F3N4O3. The summed E-state index contributed by atoms with van der Waals surface area (Å²) in [4.78, 5) is 25.0. The Labute approximate surface area is 187 Å². The first kappa shape index (κ1) is 23.0. The van der Waals surface area contributed by atoms with Crippen LogP contribution in [0.4, 0.5) is 19.0 Å². The maximum Gasteiger partial charge on any atom is 0.303 e. The predicted molar refractivity (Wildman–Crippen MR) is 118 cm³/mol. The number of aromatic nitrogens is 3. The van der Waals surface area contributed by atoms with Crippen molar-refractivity contribution in [2.24, 2.45) is 7.05 Å². The number of aliphatic hydroxyl groups is 1. The summed E-state index contributed by atoms with van der Waals surface area (Å²) in [5.41, 5.74) is -4.19. The fourth-order valence-corrected chi connectivity index (χ4v) is 3.82. The van der Waals surface area contributed by atoms with E-state index in [-0.39, 0.29) is 28.4 Å². The van der Waals surface area contributed by atoms with Crippen LogP contribution in [0.25, 0.3) is 10.8 Å². The van der Waals surface area contributed by atoms with Gasteiger partial charge in [-0.2, -0.15) is 13.9 Å². The molecule has 10 heteroatoms. The molecular weight excluding hydrogens is 437 g/mol. The van der Waals surface area contributed by atoms with E-state index in [1.54, 1.807) is 17.7 Å². The number of hydrogen-bond donors (Lipinski definition) is 2. The number of fused-ring (bicyclic) bond motifs is 1. The van der Waals surface area contributed by atoms with Crippen molar-refractivity contribution in [3.05, 3.63) is 68.1 Å². The van der Waals surface area contributed by atoms with Gasteiger partial charge >= 0.3 is 5.92 Å². The predicted octanol–water partition coefficient (Wildman–Crippen LogP) is 3.61. The van der Waals surface area contributed by atoms with Crippen LogP contribution in [0.1, 0.15) is 56.8 Å². The number of hydrogen-bond acceptors (Lipinski definition) is 5. The molecule has 0 amide bonds. The Morgan fingerprint density at radius 2 is 1.88 bits per heavy atom. The van der Waals surface area contributed by atoms with Gasteiger partial charge in [0, 0.05) is 36.3 Å². The van der Waals surface area contributed by atoms with Gasteiger partial charge < -0.3 is 15.0 Å². The van der Waals surface area contributed by atoms with Crippen LogP contribution in [0.5, 0.6) is 0 Å². The lowest BCUT2D eigenvalue weighted by Crippen LogP contribution is -2.41. The van der Waals surface area contributed by atoms with E-state index in [1.165, 1.54) is 25.2 Å². The molecule has 1 aliphatic carbocycles. The van der Waals surface area contributed by atoms with Crippen LogP contribution in [0.2, 0.25) is 0 Å². The van der Waals surface area contributed by atoms with Crippen molar-refractivity contribution in [1.82, 2.24) is 14.3 Å². The molecule has 2 heterocycles. The molecule has 1 aromatic carbocycles. The highest BCUT2D eigenvalue weighted by Gasteiger charge is 2.49. The fraction of sp³-hybridized carbons (Fsp3) is 0.435. The lowest BCUT2D eigenvalue weighted by molar-refractivity contribution is -0.170. The Morgan fingerprint density at radius 3 is 2.48 bits per heavy atom. The largest absolute Gasteiger partial charge is 0.384 e. The summed E-state index contributed by atoms with van der Waals surface area (Å²) in [5, 5.41) is 17.6. The molecule has 0 radical (unpaired) electrons. The molecule has 3 aromatic rings. The van der Waals surface area contributed by atoms with Gasteiger partial charge in [0.1, 0.15) is 11.4 Å². The van der Waals surface area contributed by atoms with Gasteiger partial charge in [0.25, 0.3) is 11.1 Å². The van der Waals surface area contributed by atoms with E-state index in [9.17, 15) is 23.5 Å². The van der Waals surface area contributed by atoms with Gasteiger partial charge in [-0.15, -0.1) is 0 Å². The highest BCUT2D eigenvalue weighted by molar-refractivity contribution is 5.90. The molecule has 2 aromatic heterocycles. The zero-order chi connectivity index (χ0) is 24.3. The summed E-state index contributed by atoms with van der Waals surface area (Å²) in [6, 6.07) is 4.10. The third kappa shape index (κ3) is 3.92. The zero-order valence-corrected chi connectivity index (χ0v) is 18.7. The molecule has 0 aliphatic heterocycles. The van der Waals surface area contributed by atoms with E-state index in [0.29, 0.717) is 5.39 Å². The number of halogens is 3. The molecule has 1 atom stereocenters. The molecule has 2 N–H and O–H groups in total. The summed E-state index contributed by atoms with van der Waals surface area (Å²) in [6.45, 7) is 3.40. The molecule has 0 spiro atoms. The Bertz CT molecular complexity index is 1350. The molecule has 0 unspecified atom stereocenters. The van der Waals surface area contributed by atoms with E-state index in [1.807, 2.05) is 0 Å². The van der Waals surface area contributed by atoms with Crippen molar-refractivity contribution >= 4 is 16.6 Å². The normalized spacial score (nSPS) is 15.6. The van der Waals surface area contributed by atoms with Crippen molar-refractivity contribution in [3.8, 4) is 0 Å². The monoisotopic (exact) mass is 462 g/mol. The van der Waals surface area contributed by atoms with Crippen molar-refractivity contribution < 1.29 is 18.3 Å². The SMILES string of the molecule is C[C@@H](Nc1nn(C)c(=O)c2cc(=O)n(C3CC3)cc12)c1cccc(C(F)(F)C(C)(C)O)c1F. The first-order valence-corrected chi connectivity index (χ1v) is 10.6. The summed E-state index contributed by atoms with van der Waals surface area (Å²) in [5.74, 6) is -4.75. The molecule has 4 rings (SSSR count). The molecule has 1 aliphatic rings. The van der Waals surface area contributed by atoms with Crippen molar-refractivity contribution in [2.75, 3.05) is 5.32 Å². The van der Waals surface area contributed by atoms with E-state index in [2.05, 4.69) is 10.4 Å². The maximum absolute atomic E-state index is 15.2. The third-order valence-electron chi connectivity index (χ3n) is 6.01. The standard InChI is InChI=1S/C23H25F3N4O3/c1-12(14-6-5-7-17(19(14)24)23(25,26)22(2,3)33)27-20-16-11-30(13-8-9-13)18(31)10-15(16)21(32)29(4)28-20/h5-7,10-13,33H,8-9H2,1-4H3,(H,27,28)/t12-/m1/s1. The molecule has 7 nitrogen and oxygen atoms in total. The lowest BCUT2D eigenvalue weighted by atomic mass is 9.91. The number of alkyl halides is 2. The van der Waals surface area contributed by atoms with Gasteiger partial charge in [-0.25, -0.2) is 9.07 Å². The van der Waals surface area contributed by atoms with E-state index in [4.69, 9.17) is 0 Å². The van der Waals surface area contributed by atoms with Crippen LogP contribution in [-0.2, 0) is 13.0 Å². The molecule has 176 valence electrons. The lowest BCUT2D eigenvalue weighted by Gasteiger charge is -2.30. The van der Waals surface area contributed by atoms with Crippen molar-refractivity contribution in [1.29, 1.82) is 0 Å². The minimum Gasteiger partial charge on any atom is -0.384 e. The third-order valence-corrected chi connectivity index (χ3v) is 6.01. The molecule has 0 saturated heterocycles. The number of anilines is 1. The number of rotatable bonds is 6. The number of nitrogens with one attached hydrogen (secondary N) is 1. The minimum atomic E-state index is -3.82. The first-order valence-electron chi connectivity index (χ1n) is 10.6. The highest BCUT2D eigenvalue weighted by atomic mass is 19.3. The van der Waals surface area contributed by atoms with Crippen molar-refractivity contribution in [3.63, 3.8) is 0 Å². The van der Waals surface area contributed by atoms with Crippen LogP contribution in [0.15, 0.2) is 40.1 Å². The fourth-order valence-electron chi connectivity index (χ4n) is 3.82. The summed E-state index contributed by atoms with van der Waals surface area (Å²) in [6.07, 6.45) is 3.28. The second-order valence-corrected chi connectivity index (χ2v) is 9.06. The van der Waals surface area contributed by atoms with E-state index < -0.39 is 34.5 Å². The average molecular weight is 462 g/mol. The van der Waals surface area contributed by atoms with Gasteiger partial charge in [-0.1, -0.05) is 12.1 Å². The highest BCUT2D eigenvalue weighted by Crippen LogP contribution is 2.41. The minimum absolute atomic E-state index is 0.0595. The van der Waals surface area contributed by atoms with Crippen LogP contribution in [0, 0.1) is 5.82 Å². The Balaban J connectivity index is 1.79. The van der Waals surface area contributed by atoms with Gasteiger partial charge in [0.05, 0.1) is 17.0 Å². The Kier molecular flexibility index (Phi) is 5.39. The van der Waals surface area contributed by atoms with Gasteiger partial charge in [0.2, 0.25) is 0 Å². The molecule has 1 fully saturated rings. The van der Waals surface area contributed by atoms with Gasteiger partial charge in [0.15, 0.2) is 5.82 Å². The quantitative estimate of drug-likeness (QED) is 0.584. The van der Waals surface area contributed by atoms with Crippen LogP contribution in [0.3, 0.4) is 0 Å². The summed E-state index contributed by atoms with van der Waals surface area (Å²) >= 11 is 0. The molecule has 0 bridgehead atoms. The van der Waals surface area contributed by atoms with Crippen LogP contribution < -0.4 is 16.4 Å². The van der Waals surface area contributed by atoms with Gasteiger partial charge in [-0.3, -0.25) is 9.59 Å². The average Bonchev–Trinajstić information content (AvgIpc) is 3.55. The second kappa shape index (κ2) is 7.72. The van der Waals surface area contributed by atoms with Crippen LogP contribution in [-0.4, -0.2) is 25.1 Å². The zero-order valence-electron chi connectivity index (χ0n) is 18.7. The topological polar surface area (TPSA) is 89.2 Å². The number of aryl methyl sites for hydroxylation is 1. The second-order valence-electron chi connectivity index (χ2n) is 9.06. The number of nitrogens with zero attached hydrogens (tertiary/aromatic N) is 3. The number of benzene rings is 1. The maximum atomic E-state index is 15.2. The molecule has 33 heavy (non-hydrogen) atoms. The Hall–Kier alpha value is -3.14. The summed E-state index contributed by atoms with van der Waals surface area (Å²) in [7, 11) is 1.43. The molecule has 1 saturated carbocycles. The van der Waals surface area contributed by atoms with E-state index >= 15 is 4.39 Å². The smallest absolute Gasteiger partial charge is 0.303 e. The summed E-state index contributed by atoms with van der Waals surface area (Å²) < 4.78 is 47.1.